The fraction of sp³-hybridized carbons (Fsp3) is 0.364. The molecule has 1 atom stereocenters. The molecule has 160 valence electrons. The van der Waals surface area contributed by atoms with Crippen LogP contribution in [0.25, 0.3) is 0 Å². The molecule has 1 unspecified atom stereocenters. The van der Waals surface area contributed by atoms with Crippen molar-refractivity contribution in [3.05, 3.63) is 59.7 Å². The number of amides is 2. The zero-order valence-corrected chi connectivity index (χ0v) is 19.2. The first-order valence-corrected chi connectivity index (χ1v) is 10.1. The lowest BCUT2D eigenvalue weighted by Gasteiger charge is -2.26. The number of rotatable bonds is 4. The number of carbonyl (C=O) groups is 1. The van der Waals surface area contributed by atoms with Gasteiger partial charge in [-0.3, -0.25) is 0 Å². The lowest BCUT2D eigenvalue weighted by Crippen LogP contribution is -2.37. The molecule has 2 aliphatic rings. The Balaban J connectivity index is 0.00000256. The molecule has 2 heterocycles. The second kappa shape index (κ2) is 10.5. The summed E-state index contributed by atoms with van der Waals surface area (Å²) in [5.74, 6) is 1.30. The highest BCUT2D eigenvalue weighted by atomic mass is 127. The maximum atomic E-state index is 12.3. The summed E-state index contributed by atoms with van der Waals surface area (Å²) in [6, 6.07) is 15.8. The quantitative estimate of drug-likeness (QED) is 0.324. The predicted molar refractivity (Wildman–Crippen MR) is 129 cm³/mol. The summed E-state index contributed by atoms with van der Waals surface area (Å²) < 4.78 is 5.69. The highest BCUT2D eigenvalue weighted by Gasteiger charge is 2.21. The SMILES string of the molecule is I.NC(=NCc1cccc(NC(=O)N2CCCC2)c1)NC1CCOc2ccccc21. The molecule has 0 aromatic heterocycles. The summed E-state index contributed by atoms with van der Waals surface area (Å²) in [7, 11) is 0. The van der Waals surface area contributed by atoms with Gasteiger partial charge < -0.3 is 26.0 Å². The second-order valence-electron chi connectivity index (χ2n) is 7.40. The van der Waals surface area contributed by atoms with E-state index in [-0.39, 0.29) is 36.0 Å². The van der Waals surface area contributed by atoms with Crippen LogP contribution in [0.15, 0.2) is 53.5 Å². The number of ether oxygens (including phenoxy) is 1. The van der Waals surface area contributed by atoms with Gasteiger partial charge in [-0.2, -0.15) is 0 Å². The van der Waals surface area contributed by atoms with Crippen LogP contribution >= 0.6 is 24.0 Å². The maximum absolute atomic E-state index is 12.3. The third kappa shape index (κ3) is 5.56. The van der Waals surface area contributed by atoms with Crippen LogP contribution in [0.2, 0.25) is 0 Å². The molecular weight excluding hydrogens is 493 g/mol. The van der Waals surface area contributed by atoms with E-state index in [1.807, 2.05) is 53.4 Å². The number of aliphatic imine (C=N–C) groups is 1. The largest absolute Gasteiger partial charge is 0.493 e. The van der Waals surface area contributed by atoms with Gasteiger partial charge in [0.2, 0.25) is 0 Å². The first-order chi connectivity index (χ1) is 14.2. The van der Waals surface area contributed by atoms with E-state index in [2.05, 4.69) is 15.6 Å². The number of guanidine groups is 1. The van der Waals surface area contributed by atoms with Gasteiger partial charge in [0.15, 0.2) is 5.96 Å². The van der Waals surface area contributed by atoms with E-state index in [0.29, 0.717) is 19.1 Å². The fourth-order valence-electron chi connectivity index (χ4n) is 3.76. The number of carbonyl (C=O) groups excluding carboxylic acids is 1. The number of fused-ring (bicyclic) bond motifs is 1. The van der Waals surface area contributed by atoms with Crippen molar-refractivity contribution in [1.29, 1.82) is 0 Å². The highest BCUT2D eigenvalue weighted by molar-refractivity contribution is 14.0. The van der Waals surface area contributed by atoms with Crippen molar-refractivity contribution in [3.63, 3.8) is 0 Å². The van der Waals surface area contributed by atoms with Gasteiger partial charge in [0, 0.05) is 30.8 Å². The number of benzene rings is 2. The van der Waals surface area contributed by atoms with Gasteiger partial charge in [-0.05, 0) is 36.6 Å². The van der Waals surface area contributed by atoms with Gasteiger partial charge in [-0.25, -0.2) is 9.79 Å². The number of para-hydroxylation sites is 1. The molecule has 8 heteroatoms. The van der Waals surface area contributed by atoms with Crippen molar-refractivity contribution in [2.75, 3.05) is 25.0 Å². The summed E-state index contributed by atoms with van der Waals surface area (Å²) in [4.78, 5) is 18.6. The van der Waals surface area contributed by atoms with E-state index >= 15 is 0 Å². The van der Waals surface area contributed by atoms with Crippen molar-refractivity contribution in [2.45, 2.75) is 31.8 Å². The number of nitrogens with zero attached hydrogens (tertiary/aromatic N) is 2. The average Bonchev–Trinajstić information content (AvgIpc) is 3.28. The van der Waals surface area contributed by atoms with Gasteiger partial charge >= 0.3 is 6.03 Å². The molecule has 2 amide bonds. The number of urea groups is 1. The molecule has 2 aromatic rings. The molecule has 1 fully saturated rings. The van der Waals surface area contributed by atoms with E-state index in [4.69, 9.17) is 10.5 Å². The van der Waals surface area contributed by atoms with E-state index in [9.17, 15) is 4.79 Å². The smallest absolute Gasteiger partial charge is 0.321 e. The zero-order valence-electron chi connectivity index (χ0n) is 16.8. The van der Waals surface area contributed by atoms with Crippen molar-refractivity contribution >= 4 is 41.7 Å². The topological polar surface area (TPSA) is 92.0 Å². The monoisotopic (exact) mass is 521 g/mol. The van der Waals surface area contributed by atoms with E-state index in [1.165, 1.54) is 0 Å². The fourth-order valence-corrected chi connectivity index (χ4v) is 3.76. The molecule has 0 aliphatic carbocycles. The minimum Gasteiger partial charge on any atom is -0.493 e. The van der Waals surface area contributed by atoms with Gasteiger partial charge in [0.05, 0.1) is 19.2 Å². The minimum absolute atomic E-state index is 0. The van der Waals surface area contributed by atoms with Crippen LogP contribution in [0.5, 0.6) is 5.75 Å². The molecule has 2 aliphatic heterocycles. The number of likely N-dealkylation sites (tertiary alicyclic amines) is 1. The molecule has 1 saturated heterocycles. The van der Waals surface area contributed by atoms with E-state index < -0.39 is 0 Å². The molecule has 0 spiro atoms. The molecule has 7 nitrogen and oxygen atoms in total. The molecule has 0 radical (unpaired) electrons. The Hall–Kier alpha value is -2.49. The third-order valence-electron chi connectivity index (χ3n) is 5.28. The summed E-state index contributed by atoms with van der Waals surface area (Å²) in [6.45, 7) is 2.75. The Morgan fingerprint density at radius 2 is 1.97 bits per heavy atom. The van der Waals surface area contributed by atoms with Crippen molar-refractivity contribution in [2.24, 2.45) is 10.7 Å². The Kier molecular flexibility index (Phi) is 7.78. The summed E-state index contributed by atoms with van der Waals surface area (Å²) in [5, 5.41) is 6.27. The van der Waals surface area contributed by atoms with Gasteiger partial charge in [-0.15, -0.1) is 24.0 Å². The summed E-state index contributed by atoms with van der Waals surface area (Å²) in [6.07, 6.45) is 2.99. The Morgan fingerprint density at radius 3 is 2.80 bits per heavy atom. The summed E-state index contributed by atoms with van der Waals surface area (Å²) in [5.41, 5.74) is 9.00. The third-order valence-corrected chi connectivity index (χ3v) is 5.28. The van der Waals surface area contributed by atoms with Gasteiger partial charge in [0.25, 0.3) is 0 Å². The molecule has 2 aromatic carbocycles. The standard InChI is InChI=1S/C22H27N5O2.HI/c23-21(26-19-10-13-29-20-9-2-1-8-18(19)20)24-15-16-6-5-7-17(14-16)25-22(28)27-11-3-4-12-27;/h1-2,5-9,14,19H,3-4,10-13,15H2,(H,25,28)(H3,23,24,26);1H. The Morgan fingerprint density at radius 1 is 1.17 bits per heavy atom. The first-order valence-electron chi connectivity index (χ1n) is 10.1. The number of halogens is 1. The summed E-state index contributed by atoms with van der Waals surface area (Å²) >= 11 is 0. The molecule has 4 rings (SSSR count). The molecule has 30 heavy (non-hydrogen) atoms. The van der Waals surface area contributed by atoms with Crippen LogP contribution in [0.1, 0.15) is 36.4 Å². The minimum atomic E-state index is -0.0393. The molecule has 4 N–H and O–H groups in total. The predicted octanol–water partition coefficient (Wildman–Crippen LogP) is 3.86. The van der Waals surface area contributed by atoms with Crippen LogP contribution in [0.3, 0.4) is 0 Å². The van der Waals surface area contributed by atoms with Crippen LogP contribution in [-0.2, 0) is 6.54 Å². The number of nitrogens with two attached hydrogens (primary N) is 1. The maximum Gasteiger partial charge on any atom is 0.321 e. The molecule has 0 saturated carbocycles. The van der Waals surface area contributed by atoms with Gasteiger partial charge in [0.1, 0.15) is 5.75 Å². The first kappa shape index (κ1) is 22.2. The van der Waals surface area contributed by atoms with Gasteiger partial charge in [-0.1, -0.05) is 30.3 Å². The van der Waals surface area contributed by atoms with Crippen LogP contribution in [-0.4, -0.2) is 36.6 Å². The normalized spacial score (nSPS) is 18.1. The number of hydrogen-bond donors (Lipinski definition) is 3. The molecular formula is C22H28IN5O2. The average molecular weight is 521 g/mol. The number of anilines is 1. The van der Waals surface area contributed by atoms with Crippen LogP contribution < -0.4 is 21.1 Å². The van der Waals surface area contributed by atoms with Crippen LogP contribution in [0, 0.1) is 0 Å². The number of hydrogen-bond acceptors (Lipinski definition) is 3. The van der Waals surface area contributed by atoms with Crippen molar-refractivity contribution in [1.82, 2.24) is 10.2 Å². The zero-order chi connectivity index (χ0) is 20.1. The number of nitrogens with one attached hydrogen (secondary N) is 2. The second-order valence-corrected chi connectivity index (χ2v) is 7.40. The Labute approximate surface area is 194 Å². The van der Waals surface area contributed by atoms with E-state index in [1.54, 1.807) is 0 Å². The van der Waals surface area contributed by atoms with Crippen molar-refractivity contribution < 1.29 is 9.53 Å². The van der Waals surface area contributed by atoms with Crippen LogP contribution in [0.4, 0.5) is 10.5 Å². The van der Waals surface area contributed by atoms with Crippen molar-refractivity contribution in [3.8, 4) is 5.75 Å². The Bertz CT molecular complexity index is 899. The molecule has 0 bridgehead atoms. The lowest BCUT2D eigenvalue weighted by atomic mass is 10.0. The lowest BCUT2D eigenvalue weighted by molar-refractivity contribution is 0.222. The van der Waals surface area contributed by atoms with E-state index in [0.717, 1.165) is 54.9 Å². The highest BCUT2D eigenvalue weighted by Crippen LogP contribution is 2.31.